The van der Waals surface area contributed by atoms with Crippen molar-refractivity contribution < 1.29 is 4.42 Å². The first-order valence-corrected chi connectivity index (χ1v) is 7.24. The fourth-order valence-corrected chi connectivity index (χ4v) is 5.01. The predicted octanol–water partition coefficient (Wildman–Crippen LogP) is 2.56. The molecule has 1 aromatic rings. The van der Waals surface area contributed by atoms with Crippen LogP contribution in [0.2, 0.25) is 0 Å². The average Bonchev–Trinajstić information content (AvgIpc) is 2.76. The number of hydrogen-bond donors (Lipinski definition) is 1. The van der Waals surface area contributed by atoms with Gasteiger partial charge in [0.25, 0.3) is 0 Å². The molecule has 4 heteroatoms. The van der Waals surface area contributed by atoms with E-state index in [1.165, 1.54) is 38.5 Å². The maximum atomic E-state index is 5.88. The zero-order chi connectivity index (χ0) is 12.3. The lowest BCUT2D eigenvalue weighted by atomic mass is 9.49. The Kier molecular flexibility index (Phi) is 2.17. The lowest BCUT2D eigenvalue weighted by Gasteiger charge is -2.55. The quantitative estimate of drug-likeness (QED) is 0.872. The average molecular weight is 247 g/mol. The molecule has 0 aromatic carbocycles. The summed E-state index contributed by atoms with van der Waals surface area (Å²) in [4.78, 5) is 0. The van der Waals surface area contributed by atoms with E-state index in [-0.39, 0.29) is 11.5 Å². The van der Waals surface area contributed by atoms with Gasteiger partial charge in [0.2, 0.25) is 11.8 Å². The van der Waals surface area contributed by atoms with Gasteiger partial charge in [0.1, 0.15) is 0 Å². The molecule has 1 atom stereocenters. The van der Waals surface area contributed by atoms with Crippen LogP contribution < -0.4 is 5.73 Å². The molecule has 2 N–H and O–H groups in total. The highest BCUT2D eigenvalue weighted by Gasteiger charge is 2.54. The highest BCUT2D eigenvalue weighted by molar-refractivity contribution is 5.15. The monoisotopic (exact) mass is 247 g/mol. The van der Waals surface area contributed by atoms with Gasteiger partial charge in [-0.25, -0.2) is 0 Å². The van der Waals surface area contributed by atoms with Gasteiger partial charge in [-0.1, -0.05) is 0 Å². The van der Waals surface area contributed by atoms with E-state index in [4.69, 9.17) is 10.2 Å². The molecule has 5 rings (SSSR count). The van der Waals surface area contributed by atoms with Crippen LogP contribution in [-0.2, 0) is 5.41 Å². The second kappa shape index (κ2) is 3.56. The molecule has 1 heterocycles. The number of nitrogens with two attached hydrogens (primary N) is 1. The van der Waals surface area contributed by atoms with Gasteiger partial charge >= 0.3 is 0 Å². The first-order valence-electron chi connectivity index (χ1n) is 7.24. The molecule has 4 bridgehead atoms. The van der Waals surface area contributed by atoms with Crippen LogP contribution in [0.4, 0.5) is 0 Å². The van der Waals surface area contributed by atoms with Crippen LogP contribution in [0.5, 0.6) is 0 Å². The number of aromatic nitrogens is 2. The van der Waals surface area contributed by atoms with Crippen molar-refractivity contribution in [2.24, 2.45) is 23.5 Å². The van der Waals surface area contributed by atoms with Gasteiger partial charge in [-0.15, -0.1) is 10.2 Å². The fraction of sp³-hybridized carbons (Fsp3) is 0.857. The van der Waals surface area contributed by atoms with Gasteiger partial charge in [-0.2, -0.15) is 0 Å². The van der Waals surface area contributed by atoms with Crippen molar-refractivity contribution in [1.82, 2.24) is 10.2 Å². The largest absolute Gasteiger partial charge is 0.423 e. The summed E-state index contributed by atoms with van der Waals surface area (Å²) >= 11 is 0. The molecule has 0 radical (unpaired) electrons. The van der Waals surface area contributed by atoms with Crippen LogP contribution in [-0.4, -0.2) is 10.2 Å². The minimum atomic E-state index is -0.153. The SMILES string of the molecule is CC(N)c1nnc(C23CC4CC(CC(C4)C2)C3)o1. The van der Waals surface area contributed by atoms with E-state index in [0.717, 1.165) is 23.6 Å². The molecule has 0 saturated heterocycles. The first-order chi connectivity index (χ1) is 8.64. The summed E-state index contributed by atoms with van der Waals surface area (Å²) < 4.78 is 5.88. The number of nitrogens with zero attached hydrogens (tertiary/aromatic N) is 2. The normalized spacial score (nSPS) is 43.3. The molecule has 1 unspecified atom stereocenters. The standard InChI is InChI=1S/C14H21N3O/c1-8(15)12-16-17-13(18-12)14-5-9-2-10(6-14)4-11(3-9)7-14/h8-11H,2-7,15H2,1H3. The molecule has 4 aliphatic rings. The molecule has 4 saturated carbocycles. The zero-order valence-corrected chi connectivity index (χ0v) is 10.9. The minimum absolute atomic E-state index is 0.153. The minimum Gasteiger partial charge on any atom is -0.423 e. The van der Waals surface area contributed by atoms with Gasteiger partial charge in [0, 0.05) is 5.41 Å². The van der Waals surface area contributed by atoms with Crippen LogP contribution in [0.15, 0.2) is 4.42 Å². The van der Waals surface area contributed by atoms with Gasteiger partial charge in [0.05, 0.1) is 6.04 Å². The van der Waals surface area contributed by atoms with Crippen LogP contribution in [0.3, 0.4) is 0 Å². The van der Waals surface area contributed by atoms with Crippen molar-refractivity contribution in [2.45, 2.75) is 56.9 Å². The molecule has 18 heavy (non-hydrogen) atoms. The van der Waals surface area contributed by atoms with Gasteiger partial charge in [0.15, 0.2) is 0 Å². The molecule has 0 spiro atoms. The highest BCUT2D eigenvalue weighted by Crippen LogP contribution is 2.60. The Morgan fingerprint density at radius 3 is 2.11 bits per heavy atom. The van der Waals surface area contributed by atoms with Crippen LogP contribution in [0, 0.1) is 17.8 Å². The van der Waals surface area contributed by atoms with E-state index in [1.54, 1.807) is 0 Å². The Morgan fingerprint density at radius 2 is 1.67 bits per heavy atom. The molecular weight excluding hydrogens is 226 g/mol. The molecule has 1 aromatic heterocycles. The van der Waals surface area contributed by atoms with Gasteiger partial charge < -0.3 is 10.2 Å². The lowest BCUT2D eigenvalue weighted by molar-refractivity contribution is -0.0183. The lowest BCUT2D eigenvalue weighted by Crippen LogP contribution is -2.48. The summed E-state index contributed by atoms with van der Waals surface area (Å²) in [6, 6.07) is -0.153. The van der Waals surface area contributed by atoms with E-state index >= 15 is 0 Å². The Hall–Kier alpha value is -0.900. The number of hydrogen-bond acceptors (Lipinski definition) is 4. The predicted molar refractivity (Wildman–Crippen MR) is 66.8 cm³/mol. The molecular formula is C14H21N3O. The maximum absolute atomic E-state index is 5.88. The topological polar surface area (TPSA) is 64.9 Å². The van der Waals surface area contributed by atoms with Crippen LogP contribution in [0.1, 0.15) is 63.3 Å². The Balaban J connectivity index is 1.70. The Labute approximate surface area is 107 Å². The summed E-state index contributed by atoms with van der Waals surface area (Å²) in [6.45, 7) is 1.90. The van der Waals surface area contributed by atoms with E-state index in [1.807, 2.05) is 6.92 Å². The molecule has 0 amide bonds. The van der Waals surface area contributed by atoms with E-state index < -0.39 is 0 Å². The van der Waals surface area contributed by atoms with Crippen molar-refractivity contribution in [2.75, 3.05) is 0 Å². The number of rotatable bonds is 2. The summed E-state index contributed by atoms with van der Waals surface area (Å²) in [6.07, 6.45) is 8.10. The van der Waals surface area contributed by atoms with E-state index in [9.17, 15) is 0 Å². The zero-order valence-electron chi connectivity index (χ0n) is 10.9. The summed E-state index contributed by atoms with van der Waals surface area (Å²) in [5.41, 5.74) is 6.03. The van der Waals surface area contributed by atoms with E-state index in [0.29, 0.717) is 5.89 Å². The third kappa shape index (κ3) is 1.48. The molecule has 98 valence electrons. The highest BCUT2D eigenvalue weighted by atomic mass is 16.4. The molecule has 4 aliphatic carbocycles. The summed E-state index contributed by atoms with van der Waals surface area (Å²) in [5, 5.41) is 8.46. The van der Waals surface area contributed by atoms with Crippen molar-refractivity contribution in [3.63, 3.8) is 0 Å². The van der Waals surface area contributed by atoms with Gasteiger partial charge in [-0.3, -0.25) is 0 Å². The van der Waals surface area contributed by atoms with Crippen molar-refractivity contribution >= 4 is 0 Å². The van der Waals surface area contributed by atoms with Crippen LogP contribution in [0.25, 0.3) is 0 Å². The third-order valence-electron chi connectivity index (χ3n) is 5.32. The van der Waals surface area contributed by atoms with Crippen LogP contribution >= 0.6 is 0 Å². The first kappa shape index (κ1) is 11.0. The fourth-order valence-electron chi connectivity index (χ4n) is 5.01. The summed E-state index contributed by atoms with van der Waals surface area (Å²) in [5.74, 6) is 4.19. The third-order valence-corrected chi connectivity index (χ3v) is 5.32. The second-order valence-electron chi connectivity index (χ2n) is 6.93. The molecule has 4 fully saturated rings. The van der Waals surface area contributed by atoms with Crippen molar-refractivity contribution in [3.8, 4) is 0 Å². The van der Waals surface area contributed by atoms with Crippen molar-refractivity contribution in [1.29, 1.82) is 0 Å². The second-order valence-corrected chi connectivity index (χ2v) is 6.93. The van der Waals surface area contributed by atoms with Gasteiger partial charge in [-0.05, 0) is 63.2 Å². The summed E-state index contributed by atoms with van der Waals surface area (Å²) in [7, 11) is 0. The Bertz CT molecular complexity index is 430. The van der Waals surface area contributed by atoms with Crippen molar-refractivity contribution in [3.05, 3.63) is 11.8 Å². The Morgan fingerprint density at radius 1 is 1.11 bits per heavy atom. The molecule has 0 aliphatic heterocycles. The molecule has 4 nitrogen and oxygen atoms in total. The smallest absolute Gasteiger partial charge is 0.232 e. The maximum Gasteiger partial charge on any atom is 0.232 e. The van der Waals surface area contributed by atoms with E-state index in [2.05, 4.69) is 10.2 Å².